The molecule has 40 heavy (non-hydrogen) atoms. The second-order valence-electron chi connectivity index (χ2n) is 8.90. The van der Waals surface area contributed by atoms with Gasteiger partial charge in [-0.25, -0.2) is 9.48 Å². The number of aryl methyl sites for hydroxylation is 1. The van der Waals surface area contributed by atoms with Crippen LogP contribution < -0.4 is 4.87 Å². The first-order valence-corrected chi connectivity index (χ1v) is 13.5. The zero-order valence-electron chi connectivity index (χ0n) is 22.6. The summed E-state index contributed by atoms with van der Waals surface area (Å²) in [6.45, 7) is 2.10. The second-order valence-corrected chi connectivity index (χ2v) is 10.1. The summed E-state index contributed by atoms with van der Waals surface area (Å²) in [7, 11) is 0. The molecule has 0 fully saturated rings. The molecule has 0 aliphatic rings. The van der Waals surface area contributed by atoms with Gasteiger partial charge in [0.05, 0.1) is 16.4 Å². The van der Waals surface area contributed by atoms with E-state index in [0.717, 1.165) is 52.3 Å². The number of hydrogen-bond acceptors (Lipinski definition) is 5. The predicted molar refractivity (Wildman–Crippen MR) is 162 cm³/mol. The van der Waals surface area contributed by atoms with Gasteiger partial charge in [0, 0.05) is 88.2 Å². The van der Waals surface area contributed by atoms with Gasteiger partial charge in [-0.1, -0.05) is 85.6 Å². The molecule has 0 saturated heterocycles. The van der Waals surface area contributed by atoms with Crippen molar-refractivity contribution in [3.8, 4) is 28.2 Å². The van der Waals surface area contributed by atoms with Crippen molar-refractivity contribution in [1.29, 1.82) is 0 Å². The maximum absolute atomic E-state index is 12.5. The number of hydrogen-bond donors (Lipinski definition) is 2. The van der Waals surface area contributed by atoms with Gasteiger partial charge in [-0.3, -0.25) is 9.17 Å². The molecule has 3 aromatic carbocycles. The fourth-order valence-electron chi connectivity index (χ4n) is 4.54. The Balaban J connectivity index is 0.00000220. The van der Waals surface area contributed by atoms with Crippen molar-refractivity contribution in [3.05, 3.63) is 110 Å². The average Bonchev–Trinajstić information content (AvgIpc) is 3.51. The summed E-state index contributed by atoms with van der Waals surface area (Å²) < 4.78 is 4.44. The van der Waals surface area contributed by atoms with Gasteiger partial charge in [0.1, 0.15) is 0 Å². The average molecular weight is 591 g/mol. The molecule has 0 saturated carbocycles. The number of aromatic amines is 1. The standard InChI is InChI=1S/C29H25ClN4O3S.2Na/c1-2-3-11-24-22(26(28(35)36)34(32-24)25-12-7-6-10-23(25)30)17-18-13-15-19(16-14-18)20-8-4-5-9-21(20)27-31-29(37)38-33-27;;/h4-10,12-16H,2-3,11,17H2,1H3,(H,35,36)(H,31,33,37);;. The molecule has 0 aliphatic carbocycles. The van der Waals surface area contributed by atoms with Crippen LogP contribution in [0.3, 0.4) is 0 Å². The number of H-pyrrole nitrogens is 1. The predicted octanol–water partition coefficient (Wildman–Crippen LogP) is 5.87. The number of carbonyl (C=O) groups is 1. The van der Waals surface area contributed by atoms with E-state index >= 15 is 0 Å². The van der Waals surface area contributed by atoms with Crippen molar-refractivity contribution < 1.29 is 9.90 Å². The normalized spacial score (nSPS) is 10.6. The van der Waals surface area contributed by atoms with Gasteiger partial charge >= 0.3 is 10.8 Å². The largest absolute Gasteiger partial charge is 0.476 e. The molecule has 5 aromatic rings. The smallest absolute Gasteiger partial charge is 0.354 e. The van der Waals surface area contributed by atoms with Crippen LogP contribution in [0.5, 0.6) is 0 Å². The minimum Gasteiger partial charge on any atom is -0.476 e. The molecule has 2 radical (unpaired) electrons. The number of carboxylic acid groups (broad SMARTS) is 1. The van der Waals surface area contributed by atoms with Crippen molar-refractivity contribution in [2.24, 2.45) is 0 Å². The topological polar surface area (TPSA) is 101 Å². The molecule has 0 spiro atoms. The fourth-order valence-corrected chi connectivity index (χ4v) is 5.23. The molecule has 7 nitrogen and oxygen atoms in total. The van der Waals surface area contributed by atoms with Gasteiger partial charge in [0.2, 0.25) is 0 Å². The molecule has 0 amide bonds. The van der Waals surface area contributed by atoms with E-state index in [1.165, 1.54) is 4.68 Å². The number of rotatable bonds is 9. The Kier molecular flexibility index (Phi) is 12.0. The molecular formula is C29H25ClN4Na2O3S. The Morgan fingerprint density at radius 3 is 2.30 bits per heavy atom. The van der Waals surface area contributed by atoms with Gasteiger partial charge in [0.25, 0.3) is 0 Å². The first-order chi connectivity index (χ1) is 18.5. The van der Waals surface area contributed by atoms with E-state index in [4.69, 9.17) is 16.7 Å². The molecule has 5 rings (SSSR count). The van der Waals surface area contributed by atoms with E-state index in [0.29, 0.717) is 34.9 Å². The minimum atomic E-state index is -1.04. The third-order valence-electron chi connectivity index (χ3n) is 6.38. The number of aromatic carboxylic acids is 1. The SMILES string of the molecule is CCCCc1nn(-c2ccccc2Cl)c(C(=O)O)c1Cc1ccc(-c2ccccc2-c2nc(=O)s[nH]2)cc1.[Na].[Na]. The van der Waals surface area contributed by atoms with Gasteiger partial charge in [-0.2, -0.15) is 10.1 Å². The molecule has 2 heterocycles. The maximum atomic E-state index is 12.5. The number of aromatic nitrogens is 4. The molecule has 11 heteroatoms. The van der Waals surface area contributed by atoms with E-state index in [9.17, 15) is 14.7 Å². The molecule has 0 unspecified atom stereocenters. The Hall–Kier alpha value is -2.01. The molecule has 0 atom stereocenters. The summed E-state index contributed by atoms with van der Waals surface area (Å²) >= 11 is 7.38. The van der Waals surface area contributed by atoms with Gasteiger partial charge in [0.15, 0.2) is 11.5 Å². The second kappa shape index (κ2) is 14.8. The summed E-state index contributed by atoms with van der Waals surface area (Å²) in [5.41, 5.74) is 5.86. The Bertz CT molecular complexity index is 1660. The number of para-hydroxylation sites is 1. The van der Waals surface area contributed by atoms with Crippen LogP contribution in [-0.2, 0) is 12.8 Å². The maximum Gasteiger partial charge on any atom is 0.354 e. The van der Waals surface area contributed by atoms with Crippen LogP contribution in [0.25, 0.3) is 28.2 Å². The summed E-state index contributed by atoms with van der Waals surface area (Å²) in [5, 5.41) is 15.4. The number of nitrogens with zero attached hydrogens (tertiary/aromatic N) is 3. The van der Waals surface area contributed by atoms with E-state index in [2.05, 4.69) is 16.3 Å². The minimum absolute atomic E-state index is 0. The summed E-state index contributed by atoms with van der Waals surface area (Å²) in [6.07, 6.45) is 2.98. The van der Waals surface area contributed by atoms with Crippen LogP contribution in [0.4, 0.5) is 0 Å². The number of unbranched alkanes of at least 4 members (excludes halogenated alkanes) is 1. The van der Waals surface area contributed by atoms with Gasteiger partial charge < -0.3 is 5.11 Å². The van der Waals surface area contributed by atoms with Crippen LogP contribution >= 0.6 is 23.1 Å². The van der Waals surface area contributed by atoms with E-state index < -0.39 is 5.97 Å². The van der Waals surface area contributed by atoms with E-state index in [1.54, 1.807) is 18.2 Å². The van der Waals surface area contributed by atoms with Crippen molar-refractivity contribution in [1.82, 2.24) is 19.1 Å². The molecule has 2 aromatic heterocycles. The van der Waals surface area contributed by atoms with Crippen LogP contribution in [0.2, 0.25) is 5.02 Å². The number of nitrogens with one attached hydrogen (secondary N) is 1. The van der Waals surface area contributed by atoms with E-state index in [-0.39, 0.29) is 69.7 Å². The van der Waals surface area contributed by atoms with Gasteiger partial charge in [-0.15, -0.1) is 0 Å². The third-order valence-corrected chi connectivity index (χ3v) is 7.26. The molecule has 2 N–H and O–H groups in total. The van der Waals surface area contributed by atoms with Crippen molar-refractivity contribution in [2.75, 3.05) is 0 Å². The van der Waals surface area contributed by atoms with Crippen molar-refractivity contribution >= 4 is 88.2 Å². The molecule has 194 valence electrons. The zero-order valence-corrected chi connectivity index (χ0v) is 28.2. The first-order valence-electron chi connectivity index (χ1n) is 12.3. The fraction of sp³-hybridized carbons (Fsp3) is 0.172. The summed E-state index contributed by atoms with van der Waals surface area (Å²) in [6, 6.07) is 22.9. The van der Waals surface area contributed by atoms with Crippen LogP contribution in [0.15, 0.2) is 77.6 Å². The van der Waals surface area contributed by atoms with Crippen LogP contribution in [-0.4, -0.2) is 89.3 Å². The summed E-state index contributed by atoms with van der Waals surface area (Å²) in [5.74, 6) is -0.503. The molecule has 0 bridgehead atoms. The third kappa shape index (κ3) is 7.06. The summed E-state index contributed by atoms with van der Waals surface area (Å²) in [4.78, 5) is 27.9. The molecular weight excluding hydrogens is 566 g/mol. The quantitative estimate of drug-likeness (QED) is 0.209. The van der Waals surface area contributed by atoms with Crippen molar-refractivity contribution in [2.45, 2.75) is 32.6 Å². The molecule has 0 aliphatic heterocycles. The Labute approximate surface area is 285 Å². The zero-order chi connectivity index (χ0) is 26.6. The number of carboxylic acids is 1. The van der Waals surface area contributed by atoms with Crippen molar-refractivity contribution in [3.63, 3.8) is 0 Å². The Morgan fingerprint density at radius 1 is 1.00 bits per heavy atom. The van der Waals surface area contributed by atoms with E-state index in [1.807, 2.05) is 54.6 Å². The van der Waals surface area contributed by atoms with Crippen LogP contribution in [0.1, 0.15) is 47.1 Å². The first kappa shape index (κ1) is 32.5. The number of halogens is 1. The monoisotopic (exact) mass is 590 g/mol. The van der Waals surface area contributed by atoms with Crippen LogP contribution in [0, 0.1) is 0 Å². The van der Waals surface area contributed by atoms with Gasteiger partial charge in [-0.05, 0) is 41.7 Å². The number of benzene rings is 3. The Morgan fingerprint density at radius 2 is 1.68 bits per heavy atom.